The number of piperidine rings is 1. The molecule has 1 aliphatic rings. The van der Waals surface area contributed by atoms with Gasteiger partial charge in [-0.1, -0.05) is 19.1 Å². The van der Waals surface area contributed by atoms with Crippen molar-refractivity contribution in [3.05, 3.63) is 29.8 Å². The second-order valence-electron chi connectivity index (χ2n) is 4.76. The Balaban J connectivity index is 2.06. The van der Waals surface area contributed by atoms with Crippen LogP contribution in [0.3, 0.4) is 0 Å². The summed E-state index contributed by atoms with van der Waals surface area (Å²) in [5.41, 5.74) is 2.10. The third kappa shape index (κ3) is 2.99. The number of anilines is 1. The minimum atomic E-state index is -0.365. The van der Waals surface area contributed by atoms with Gasteiger partial charge in [0.2, 0.25) is 0 Å². The minimum absolute atomic E-state index is 0.204. The van der Waals surface area contributed by atoms with Gasteiger partial charge in [-0.2, -0.15) is 0 Å². The van der Waals surface area contributed by atoms with E-state index in [1.54, 1.807) is 0 Å². The van der Waals surface area contributed by atoms with Crippen LogP contribution in [0.2, 0.25) is 0 Å². The molecule has 0 bridgehead atoms. The molecule has 1 fully saturated rings. The molecular formula is C14H21NO2. The lowest BCUT2D eigenvalue weighted by atomic mass is 10.0. The molecular weight excluding hydrogens is 214 g/mol. The Hall–Kier alpha value is -1.06. The molecule has 1 aliphatic heterocycles. The molecule has 3 heteroatoms. The van der Waals surface area contributed by atoms with Crippen LogP contribution in [-0.2, 0) is 0 Å². The summed E-state index contributed by atoms with van der Waals surface area (Å²) in [6.07, 6.45) is 2.12. The summed E-state index contributed by atoms with van der Waals surface area (Å²) < 4.78 is 0. The van der Waals surface area contributed by atoms with Gasteiger partial charge in [-0.05, 0) is 37.0 Å². The SMILES string of the molecule is CCC(O)c1ccc(N2CCCC(O)C2)cc1. The molecule has 1 saturated heterocycles. The van der Waals surface area contributed by atoms with Crippen molar-refractivity contribution in [2.45, 2.75) is 38.4 Å². The number of benzene rings is 1. The van der Waals surface area contributed by atoms with Crippen molar-refractivity contribution in [3.63, 3.8) is 0 Å². The van der Waals surface area contributed by atoms with Gasteiger partial charge in [0.25, 0.3) is 0 Å². The molecule has 0 saturated carbocycles. The fourth-order valence-electron chi connectivity index (χ4n) is 2.33. The summed E-state index contributed by atoms with van der Waals surface area (Å²) in [5.74, 6) is 0. The number of aliphatic hydroxyl groups is 2. The minimum Gasteiger partial charge on any atom is -0.391 e. The van der Waals surface area contributed by atoms with E-state index in [9.17, 15) is 10.2 Å². The molecule has 0 amide bonds. The predicted molar refractivity (Wildman–Crippen MR) is 69.1 cm³/mol. The Morgan fingerprint density at radius 3 is 2.65 bits per heavy atom. The number of rotatable bonds is 3. The fourth-order valence-corrected chi connectivity index (χ4v) is 2.33. The topological polar surface area (TPSA) is 43.7 Å². The Bertz CT molecular complexity index is 350. The van der Waals surface area contributed by atoms with Crippen molar-refractivity contribution in [1.29, 1.82) is 0 Å². The molecule has 2 atom stereocenters. The number of hydrogen-bond donors (Lipinski definition) is 2. The van der Waals surface area contributed by atoms with Crippen molar-refractivity contribution >= 4 is 5.69 Å². The second kappa shape index (κ2) is 5.52. The van der Waals surface area contributed by atoms with Crippen LogP contribution in [-0.4, -0.2) is 29.4 Å². The lowest BCUT2D eigenvalue weighted by molar-refractivity contribution is 0.154. The zero-order chi connectivity index (χ0) is 12.3. The van der Waals surface area contributed by atoms with Crippen LogP contribution in [0, 0.1) is 0 Å². The van der Waals surface area contributed by atoms with Gasteiger partial charge in [0.05, 0.1) is 12.2 Å². The highest BCUT2D eigenvalue weighted by Crippen LogP contribution is 2.23. The maximum Gasteiger partial charge on any atom is 0.0787 e. The Labute approximate surface area is 103 Å². The summed E-state index contributed by atoms with van der Waals surface area (Å²) in [6, 6.07) is 8.02. The van der Waals surface area contributed by atoms with Crippen LogP contribution >= 0.6 is 0 Å². The predicted octanol–water partition coefficient (Wildman–Crippen LogP) is 2.09. The van der Waals surface area contributed by atoms with Gasteiger partial charge in [-0.25, -0.2) is 0 Å². The Kier molecular flexibility index (Phi) is 4.02. The average Bonchev–Trinajstić information content (AvgIpc) is 2.38. The van der Waals surface area contributed by atoms with E-state index >= 15 is 0 Å². The molecule has 0 aromatic heterocycles. The maximum absolute atomic E-state index is 9.72. The molecule has 0 spiro atoms. The lowest BCUT2D eigenvalue weighted by Gasteiger charge is -2.32. The number of nitrogens with zero attached hydrogens (tertiary/aromatic N) is 1. The lowest BCUT2D eigenvalue weighted by Crippen LogP contribution is -2.38. The van der Waals surface area contributed by atoms with Crippen molar-refractivity contribution in [2.75, 3.05) is 18.0 Å². The van der Waals surface area contributed by atoms with Gasteiger partial charge in [0.1, 0.15) is 0 Å². The van der Waals surface area contributed by atoms with Crippen molar-refractivity contribution < 1.29 is 10.2 Å². The molecule has 2 rings (SSSR count). The first kappa shape index (κ1) is 12.4. The smallest absolute Gasteiger partial charge is 0.0787 e. The third-order valence-electron chi connectivity index (χ3n) is 3.43. The van der Waals surface area contributed by atoms with Crippen LogP contribution in [0.1, 0.15) is 37.9 Å². The largest absolute Gasteiger partial charge is 0.391 e. The van der Waals surface area contributed by atoms with Crippen LogP contribution in [0.15, 0.2) is 24.3 Å². The first-order valence-electron chi connectivity index (χ1n) is 6.41. The van der Waals surface area contributed by atoms with Gasteiger partial charge in [-0.3, -0.25) is 0 Å². The Morgan fingerprint density at radius 1 is 1.35 bits per heavy atom. The molecule has 1 aromatic rings. The normalized spacial score (nSPS) is 22.5. The summed E-state index contributed by atoms with van der Waals surface area (Å²) in [4.78, 5) is 2.20. The molecule has 17 heavy (non-hydrogen) atoms. The van der Waals surface area contributed by atoms with E-state index in [4.69, 9.17) is 0 Å². The quantitative estimate of drug-likeness (QED) is 0.843. The first-order chi connectivity index (χ1) is 8.20. The van der Waals surface area contributed by atoms with E-state index in [-0.39, 0.29) is 12.2 Å². The van der Waals surface area contributed by atoms with Gasteiger partial charge in [0.15, 0.2) is 0 Å². The van der Waals surface area contributed by atoms with Crippen LogP contribution < -0.4 is 4.90 Å². The number of hydrogen-bond acceptors (Lipinski definition) is 3. The van der Waals surface area contributed by atoms with Gasteiger partial charge in [0, 0.05) is 18.8 Å². The zero-order valence-corrected chi connectivity index (χ0v) is 10.3. The molecule has 1 heterocycles. The van der Waals surface area contributed by atoms with Crippen LogP contribution in [0.5, 0.6) is 0 Å². The molecule has 3 nitrogen and oxygen atoms in total. The molecule has 94 valence electrons. The highest BCUT2D eigenvalue weighted by atomic mass is 16.3. The van der Waals surface area contributed by atoms with E-state index < -0.39 is 0 Å². The van der Waals surface area contributed by atoms with Crippen molar-refractivity contribution in [2.24, 2.45) is 0 Å². The average molecular weight is 235 g/mol. The first-order valence-corrected chi connectivity index (χ1v) is 6.41. The molecule has 1 aromatic carbocycles. The van der Waals surface area contributed by atoms with Gasteiger partial charge >= 0.3 is 0 Å². The van der Waals surface area contributed by atoms with Crippen LogP contribution in [0.4, 0.5) is 5.69 Å². The van der Waals surface area contributed by atoms with E-state index in [0.29, 0.717) is 0 Å². The third-order valence-corrected chi connectivity index (χ3v) is 3.43. The molecule has 2 unspecified atom stereocenters. The van der Waals surface area contributed by atoms with Crippen molar-refractivity contribution in [3.8, 4) is 0 Å². The fraction of sp³-hybridized carbons (Fsp3) is 0.571. The van der Waals surface area contributed by atoms with Gasteiger partial charge < -0.3 is 15.1 Å². The summed E-state index contributed by atoms with van der Waals surface area (Å²) >= 11 is 0. The van der Waals surface area contributed by atoms with Crippen LogP contribution in [0.25, 0.3) is 0 Å². The molecule has 2 N–H and O–H groups in total. The highest BCUT2D eigenvalue weighted by molar-refractivity contribution is 5.48. The standard InChI is InChI=1S/C14H21NO2/c1-2-14(17)11-5-7-12(8-6-11)15-9-3-4-13(16)10-15/h5-8,13-14,16-17H,2-4,9-10H2,1H3. The van der Waals surface area contributed by atoms with Gasteiger partial charge in [-0.15, -0.1) is 0 Å². The molecule has 0 aliphatic carbocycles. The number of aliphatic hydroxyl groups excluding tert-OH is 2. The monoisotopic (exact) mass is 235 g/mol. The Morgan fingerprint density at radius 2 is 2.06 bits per heavy atom. The maximum atomic E-state index is 9.72. The zero-order valence-electron chi connectivity index (χ0n) is 10.3. The summed E-state index contributed by atoms with van der Waals surface area (Å²) in [6.45, 7) is 3.70. The summed E-state index contributed by atoms with van der Waals surface area (Å²) in [5, 5.41) is 19.4. The van der Waals surface area contributed by atoms with E-state index in [0.717, 1.165) is 43.6 Å². The van der Waals surface area contributed by atoms with E-state index in [1.165, 1.54) is 0 Å². The van der Waals surface area contributed by atoms with E-state index in [1.807, 2.05) is 31.2 Å². The summed E-state index contributed by atoms with van der Waals surface area (Å²) in [7, 11) is 0. The number of β-amino-alcohol motifs (C(OH)–C–C–N with tert-alkyl or cyclic N) is 1. The molecule has 0 radical (unpaired) electrons. The second-order valence-corrected chi connectivity index (χ2v) is 4.76. The van der Waals surface area contributed by atoms with E-state index in [2.05, 4.69) is 4.90 Å². The van der Waals surface area contributed by atoms with Crippen molar-refractivity contribution in [1.82, 2.24) is 0 Å². The highest BCUT2D eigenvalue weighted by Gasteiger charge is 2.17.